The average Bonchev–Trinajstić information content (AvgIpc) is 2.42. The molecule has 2 unspecified atom stereocenters. The van der Waals surface area contributed by atoms with Crippen LogP contribution in [0.4, 0.5) is 0 Å². The smallest absolute Gasteiger partial charge is 0.309 e. The van der Waals surface area contributed by atoms with E-state index in [0.717, 1.165) is 12.8 Å². The fourth-order valence-electron chi connectivity index (χ4n) is 1.79. The van der Waals surface area contributed by atoms with E-state index in [1.807, 2.05) is 13.0 Å². The maximum Gasteiger partial charge on any atom is 0.309 e. The highest BCUT2D eigenvalue weighted by atomic mass is 16.5. The highest BCUT2D eigenvalue weighted by Crippen LogP contribution is 2.05. The molecule has 0 radical (unpaired) electrons. The number of benzene rings is 1. The molecule has 0 aliphatic heterocycles. The first-order valence-electron chi connectivity index (χ1n) is 6.48. The Morgan fingerprint density at radius 1 is 1.28 bits per heavy atom. The third-order valence-corrected chi connectivity index (χ3v) is 3.08. The van der Waals surface area contributed by atoms with Gasteiger partial charge in [-0.25, -0.2) is 0 Å². The molecule has 0 saturated carbocycles. The number of carbonyl (C=O) groups excluding carboxylic acids is 1. The normalized spacial score (nSPS) is 13.9. The summed E-state index contributed by atoms with van der Waals surface area (Å²) < 4.78 is 4.69. The molecule has 1 rings (SSSR count). The van der Waals surface area contributed by atoms with Crippen LogP contribution in [0.5, 0.6) is 0 Å². The summed E-state index contributed by atoms with van der Waals surface area (Å²) in [5.74, 6) is -0.244. The van der Waals surface area contributed by atoms with Crippen molar-refractivity contribution in [1.82, 2.24) is 5.32 Å². The Bertz CT molecular complexity index is 351. The number of hydrogen-bond acceptors (Lipinski definition) is 3. The van der Waals surface area contributed by atoms with E-state index in [0.29, 0.717) is 12.6 Å². The molecule has 0 aliphatic carbocycles. The number of carbonyl (C=O) groups is 1. The predicted octanol–water partition coefficient (Wildman–Crippen LogP) is 2.41. The third-order valence-electron chi connectivity index (χ3n) is 3.08. The summed E-state index contributed by atoms with van der Waals surface area (Å²) in [6.45, 7) is 4.69. The van der Waals surface area contributed by atoms with Crippen molar-refractivity contribution in [2.45, 2.75) is 32.7 Å². The van der Waals surface area contributed by atoms with Gasteiger partial charge in [0.2, 0.25) is 0 Å². The van der Waals surface area contributed by atoms with Gasteiger partial charge in [0.05, 0.1) is 13.0 Å². The van der Waals surface area contributed by atoms with Crippen molar-refractivity contribution < 1.29 is 9.53 Å². The topological polar surface area (TPSA) is 38.3 Å². The summed E-state index contributed by atoms with van der Waals surface area (Å²) >= 11 is 0. The second-order valence-corrected chi connectivity index (χ2v) is 4.76. The van der Waals surface area contributed by atoms with Crippen molar-refractivity contribution in [3.8, 4) is 0 Å². The summed E-state index contributed by atoms with van der Waals surface area (Å²) in [5, 5.41) is 3.37. The molecule has 0 bridgehead atoms. The minimum absolute atomic E-state index is 0.0887. The molecule has 0 heterocycles. The van der Waals surface area contributed by atoms with Gasteiger partial charge < -0.3 is 10.1 Å². The first kappa shape index (κ1) is 14.7. The Hall–Kier alpha value is -1.35. The van der Waals surface area contributed by atoms with E-state index < -0.39 is 0 Å². The van der Waals surface area contributed by atoms with Crippen LogP contribution < -0.4 is 5.32 Å². The average molecular weight is 249 g/mol. The standard InChI is InChI=1S/C15H23NO2/c1-12(15(17)18-3)11-16-13(2)9-10-14-7-5-4-6-8-14/h4-8,12-13,16H,9-11H2,1-3H3. The largest absolute Gasteiger partial charge is 0.469 e. The number of nitrogens with one attached hydrogen (secondary N) is 1. The quantitative estimate of drug-likeness (QED) is 0.754. The molecule has 1 N–H and O–H groups in total. The van der Waals surface area contributed by atoms with Gasteiger partial charge in [-0.2, -0.15) is 0 Å². The molecular formula is C15H23NO2. The zero-order valence-electron chi connectivity index (χ0n) is 11.5. The highest BCUT2D eigenvalue weighted by molar-refractivity contribution is 5.72. The van der Waals surface area contributed by atoms with E-state index in [1.54, 1.807) is 0 Å². The van der Waals surface area contributed by atoms with Crippen LogP contribution in [0.1, 0.15) is 25.8 Å². The lowest BCUT2D eigenvalue weighted by molar-refractivity contribution is -0.144. The van der Waals surface area contributed by atoms with Crippen molar-refractivity contribution in [2.75, 3.05) is 13.7 Å². The molecule has 0 amide bonds. The molecule has 3 nitrogen and oxygen atoms in total. The van der Waals surface area contributed by atoms with Gasteiger partial charge in [-0.1, -0.05) is 37.3 Å². The van der Waals surface area contributed by atoms with Crippen LogP contribution >= 0.6 is 0 Å². The summed E-state index contributed by atoms with van der Waals surface area (Å²) in [6, 6.07) is 10.8. The molecule has 100 valence electrons. The number of methoxy groups -OCH3 is 1. The lowest BCUT2D eigenvalue weighted by Crippen LogP contribution is -2.33. The second-order valence-electron chi connectivity index (χ2n) is 4.76. The first-order chi connectivity index (χ1) is 8.63. The molecule has 3 heteroatoms. The lowest BCUT2D eigenvalue weighted by atomic mass is 10.1. The van der Waals surface area contributed by atoms with Gasteiger partial charge in [-0.05, 0) is 25.3 Å². The Labute approximate surface area is 110 Å². The van der Waals surface area contributed by atoms with Gasteiger partial charge >= 0.3 is 5.97 Å². The SMILES string of the molecule is COC(=O)C(C)CNC(C)CCc1ccccc1. The highest BCUT2D eigenvalue weighted by Gasteiger charge is 2.13. The minimum Gasteiger partial charge on any atom is -0.469 e. The Balaban J connectivity index is 2.22. The van der Waals surface area contributed by atoms with Crippen LogP contribution in [0.25, 0.3) is 0 Å². The molecule has 0 saturated heterocycles. The van der Waals surface area contributed by atoms with Crippen LogP contribution in [0.15, 0.2) is 30.3 Å². The third kappa shape index (κ3) is 5.32. The van der Waals surface area contributed by atoms with Crippen molar-refractivity contribution in [1.29, 1.82) is 0 Å². The van der Waals surface area contributed by atoms with Gasteiger partial charge in [0.25, 0.3) is 0 Å². The van der Waals surface area contributed by atoms with Crippen molar-refractivity contribution in [3.63, 3.8) is 0 Å². The molecule has 2 atom stereocenters. The maximum atomic E-state index is 11.2. The van der Waals surface area contributed by atoms with Crippen LogP contribution in [-0.2, 0) is 16.0 Å². The summed E-state index contributed by atoms with van der Waals surface area (Å²) in [5.41, 5.74) is 1.35. The Kier molecular flexibility index (Phi) is 6.44. The Morgan fingerprint density at radius 2 is 1.94 bits per heavy atom. The van der Waals surface area contributed by atoms with E-state index >= 15 is 0 Å². The van der Waals surface area contributed by atoms with Crippen molar-refractivity contribution in [2.24, 2.45) is 5.92 Å². The number of ether oxygens (including phenoxy) is 1. The number of esters is 1. The number of aryl methyl sites for hydroxylation is 1. The molecule has 0 spiro atoms. The first-order valence-corrected chi connectivity index (χ1v) is 6.48. The van der Waals surface area contributed by atoms with Crippen LogP contribution in [0.2, 0.25) is 0 Å². The van der Waals surface area contributed by atoms with Gasteiger partial charge in [0.15, 0.2) is 0 Å². The fourth-order valence-corrected chi connectivity index (χ4v) is 1.79. The summed E-state index contributed by atoms with van der Waals surface area (Å²) in [6.07, 6.45) is 2.12. The zero-order chi connectivity index (χ0) is 13.4. The molecule has 0 aromatic heterocycles. The molecule has 18 heavy (non-hydrogen) atoms. The predicted molar refractivity (Wildman–Crippen MR) is 73.4 cm³/mol. The lowest BCUT2D eigenvalue weighted by Gasteiger charge is -2.16. The maximum absolute atomic E-state index is 11.2. The van der Waals surface area contributed by atoms with E-state index in [9.17, 15) is 4.79 Å². The monoisotopic (exact) mass is 249 g/mol. The van der Waals surface area contributed by atoms with E-state index in [2.05, 4.69) is 36.5 Å². The van der Waals surface area contributed by atoms with Gasteiger partial charge in [-0.3, -0.25) is 4.79 Å². The number of hydrogen-bond donors (Lipinski definition) is 1. The van der Waals surface area contributed by atoms with Crippen molar-refractivity contribution in [3.05, 3.63) is 35.9 Å². The van der Waals surface area contributed by atoms with Crippen LogP contribution in [0, 0.1) is 5.92 Å². The molecule has 1 aromatic carbocycles. The second kappa shape index (κ2) is 7.88. The summed E-state index contributed by atoms with van der Waals surface area (Å²) in [7, 11) is 1.43. The molecular weight excluding hydrogens is 226 g/mol. The molecule has 0 aliphatic rings. The number of rotatable bonds is 7. The van der Waals surface area contributed by atoms with E-state index in [1.165, 1.54) is 12.7 Å². The van der Waals surface area contributed by atoms with Gasteiger partial charge in [0, 0.05) is 12.6 Å². The van der Waals surface area contributed by atoms with Gasteiger partial charge in [-0.15, -0.1) is 0 Å². The fraction of sp³-hybridized carbons (Fsp3) is 0.533. The molecule has 1 aromatic rings. The van der Waals surface area contributed by atoms with Crippen LogP contribution in [-0.4, -0.2) is 25.7 Å². The Morgan fingerprint density at radius 3 is 2.56 bits per heavy atom. The van der Waals surface area contributed by atoms with E-state index in [4.69, 9.17) is 4.74 Å². The zero-order valence-corrected chi connectivity index (χ0v) is 11.5. The van der Waals surface area contributed by atoms with Crippen LogP contribution in [0.3, 0.4) is 0 Å². The van der Waals surface area contributed by atoms with E-state index in [-0.39, 0.29) is 11.9 Å². The van der Waals surface area contributed by atoms with Crippen molar-refractivity contribution >= 4 is 5.97 Å². The summed E-state index contributed by atoms with van der Waals surface area (Å²) in [4.78, 5) is 11.2. The minimum atomic E-state index is -0.155. The van der Waals surface area contributed by atoms with Gasteiger partial charge in [0.1, 0.15) is 0 Å². The molecule has 0 fully saturated rings.